The molecule has 0 saturated carbocycles. The number of aryl methyl sites for hydroxylation is 1. The van der Waals surface area contributed by atoms with Crippen molar-refractivity contribution in [2.24, 2.45) is 0 Å². The van der Waals surface area contributed by atoms with E-state index in [9.17, 15) is 4.79 Å². The molecule has 0 atom stereocenters. The Hall–Kier alpha value is -2.23. The molecule has 1 aromatic carbocycles. The van der Waals surface area contributed by atoms with E-state index in [1.807, 2.05) is 35.4 Å². The summed E-state index contributed by atoms with van der Waals surface area (Å²) in [6.45, 7) is 1.54. The van der Waals surface area contributed by atoms with Crippen LogP contribution in [0.4, 0.5) is 0 Å². The Bertz CT molecular complexity index is 633. The van der Waals surface area contributed by atoms with Gasteiger partial charge in [-0.1, -0.05) is 12.1 Å². The Kier molecular flexibility index (Phi) is 3.95. The van der Waals surface area contributed by atoms with Crippen molar-refractivity contribution in [3.8, 4) is 5.75 Å². The summed E-state index contributed by atoms with van der Waals surface area (Å²) in [5.41, 5.74) is 3.66. The van der Waals surface area contributed by atoms with Gasteiger partial charge in [-0.25, -0.2) is 0 Å². The van der Waals surface area contributed by atoms with Crippen molar-refractivity contribution >= 4 is 5.91 Å². The number of nitrogens with zero attached hydrogens (tertiary/aromatic N) is 1. The fourth-order valence-electron chi connectivity index (χ4n) is 2.80. The van der Waals surface area contributed by atoms with Gasteiger partial charge in [0.2, 0.25) is 5.91 Å². The number of H-pyrrole nitrogens is 1. The Labute approximate surface area is 124 Å². The average Bonchev–Trinajstić information content (AvgIpc) is 3.00. The zero-order chi connectivity index (χ0) is 14.7. The van der Waals surface area contributed by atoms with Crippen molar-refractivity contribution in [1.29, 1.82) is 0 Å². The molecular formula is C17H20N2O2. The number of hydrogen-bond acceptors (Lipinski definition) is 2. The SMILES string of the molecule is COc1cccc(CCC(=O)N2CCc3[nH]ccc3C2)c1. The van der Waals surface area contributed by atoms with Gasteiger partial charge >= 0.3 is 0 Å². The minimum atomic E-state index is 0.227. The first-order valence-corrected chi connectivity index (χ1v) is 7.32. The van der Waals surface area contributed by atoms with Crippen molar-refractivity contribution in [2.45, 2.75) is 25.8 Å². The minimum Gasteiger partial charge on any atom is -0.497 e. The molecule has 0 radical (unpaired) electrons. The predicted octanol–water partition coefficient (Wildman–Crippen LogP) is 2.54. The number of fused-ring (bicyclic) bond motifs is 1. The van der Waals surface area contributed by atoms with Crippen LogP contribution >= 0.6 is 0 Å². The quantitative estimate of drug-likeness (QED) is 0.937. The monoisotopic (exact) mass is 284 g/mol. The average molecular weight is 284 g/mol. The molecule has 4 heteroatoms. The van der Waals surface area contributed by atoms with Crippen LogP contribution in [0.15, 0.2) is 36.5 Å². The number of methoxy groups -OCH3 is 1. The van der Waals surface area contributed by atoms with E-state index in [1.165, 1.54) is 11.3 Å². The lowest BCUT2D eigenvalue weighted by molar-refractivity contribution is -0.132. The van der Waals surface area contributed by atoms with Crippen LogP contribution in [-0.4, -0.2) is 29.4 Å². The highest BCUT2D eigenvalue weighted by Gasteiger charge is 2.20. The first kappa shape index (κ1) is 13.7. The molecule has 1 aliphatic rings. The van der Waals surface area contributed by atoms with Gasteiger partial charge < -0.3 is 14.6 Å². The number of aromatic nitrogens is 1. The topological polar surface area (TPSA) is 45.3 Å². The summed E-state index contributed by atoms with van der Waals surface area (Å²) in [5.74, 6) is 1.07. The standard InChI is InChI=1S/C17H20N2O2/c1-21-15-4-2-3-13(11-15)5-6-17(20)19-10-8-16-14(12-19)7-9-18-16/h2-4,7,9,11,18H,5-6,8,10,12H2,1H3. The van der Waals surface area contributed by atoms with Crippen molar-refractivity contribution in [1.82, 2.24) is 9.88 Å². The lowest BCUT2D eigenvalue weighted by Gasteiger charge is -2.27. The molecule has 110 valence electrons. The third-order valence-corrected chi connectivity index (χ3v) is 4.04. The van der Waals surface area contributed by atoms with E-state index in [4.69, 9.17) is 4.74 Å². The van der Waals surface area contributed by atoms with E-state index in [0.29, 0.717) is 6.42 Å². The van der Waals surface area contributed by atoms with Crippen LogP contribution in [0.25, 0.3) is 0 Å². The van der Waals surface area contributed by atoms with Gasteiger partial charge in [-0.15, -0.1) is 0 Å². The van der Waals surface area contributed by atoms with Crippen molar-refractivity contribution in [3.63, 3.8) is 0 Å². The van der Waals surface area contributed by atoms with Gasteiger partial charge in [-0.3, -0.25) is 4.79 Å². The summed E-state index contributed by atoms with van der Waals surface area (Å²) in [5, 5.41) is 0. The van der Waals surface area contributed by atoms with Crippen LogP contribution < -0.4 is 4.74 Å². The highest BCUT2D eigenvalue weighted by molar-refractivity contribution is 5.76. The van der Waals surface area contributed by atoms with Gasteiger partial charge in [-0.05, 0) is 35.7 Å². The number of hydrogen-bond donors (Lipinski definition) is 1. The Balaban J connectivity index is 1.57. The molecule has 0 aliphatic carbocycles. The van der Waals surface area contributed by atoms with E-state index in [2.05, 4.69) is 11.1 Å². The maximum absolute atomic E-state index is 12.3. The summed E-state index contributed by atoms with van der Waals surface area (Å²) in [6.07, 6.45) is 4.18. The smallest absolute Gasteiger partial charge is 0.223 e. The molecule has 0 unspecified atom stereocenters. The highest BCUT2D eigenvalue weighted by atomic mass is 16.5. The first-order chi connectivity index (χ1) is 10.3. The fourth-order valence-corrected chi connectivity index (χ4v) is 2.80. The molecule has 3 rings (SSSR count). The van der Waals surface area contributed by atoms with Crippen LogP contribution in [0, 0.1) is 0 Å². The number of amides is 1. The van der Waals surface area contributed by atoms with Crippen molar-refractivity contribution in [2.75, 3.05) is 13.7 Å². The fraction of sp³-hybridized carbons (Fsp3) is 0.353. The van der Waals surface area contributed by atoms with Gasteiger partial charge in [0.1, 0.15) is 5.75 Å². The number of nitrogens with one attached hydrogen (secondary N) is 1. The van der Waals surface area contributed by atoms with E-state index in [-0.39, 0.29) is 5.91 Å². The van der Waals surface area contributed by atoms with E-state index >= 15 is 0 Å². The van der Waals surface area contributed by atoms with Crippen LogP contribution in [0.1, 0.15) is 23.2 Å². The Morgan fingerprint density at radius 3 is 3.14 bits per heavy atom. The highest BCUT2D eigenvalue weighted by Crippen LogP contribution is 2.19. The molecular weight excluding hydrogens is 264 g/mol. The number of aromatic amines is 1. The molecule has 1 amide bonds. The number of benzene rings is 1. The molecule has 0 bridgehead atoms. The third kappa shape index (κ3) is 3.10. The molecule has 0 spiro atoms. The molecule has 0 saturated heterocycles. The molecule has 0 fully saturated rings. The molecule has 1 aromatic heterocycles. The summed E-state index contributed by atoms with van der Waals surface area (Å²) < 4.78 is 5.21. The number of rotatable bonds is 4. The molecule has 1 N–H and O–H groups in total. The van der Waals surface area contributed by atoms with Gasteiger partial charge in [0.15, 0.2) is 0 Å². The zero-order valence-electron chi connectivity index (χ0n) is 12.3. The van der Waals surface area contributed by atoms with Crippen LogP contribution in [0.2, 0.25) is 0 Å². The number of carbonyl (C=O) groups is 1. The van der Waals surface area contributed by atoms with Crippen molar-refractivity contribution < 1.29 is 9.53 Å². The lowest BCUT2D eigenvalue weighted by Crippen LogP contribution is -2.35. The third-order valence-electron chi connectivity index (χ3n) is 4.04. The van der Waals surface area contributed by atoms with Gasteiger partial charge in [0.05, 0.1) is 7.11 Å². The van der Waals surface area contributed by atoms with E-state index in [1.54, 1.807) is 7.11 Å². The largest absolute Gasteiger partial charge is 0.497 e. The maximum Gasteiger partial charge on any atom is 0.223 e. The predicted molar refractivity (Wildman–Crippen MR) is 81.2 cm³/mol. The summed E-state index contributed by atoms with van der Waals surface area (Å²) in [4.78, 5) is 17.5. The molecule has 21 heavy (non-hydrogen) atoms. The lowest BCUT2D eigenvalue weighted by atomic mass is 10.1. The molecule has 2 heterocycles. The minimum absolute atomic E-state index is 0.227. The number of ether oxygens (including phenoxy) is 1. The van der Waals surface area contributed by atoms with E-state index in [0.717, 1.165) is 37.2 Å². The molecule has 2 aromatic rings. The molecule has 1 aliphatic heterocycles. The second-order valence-electron chi connectivity index (χ2n) is 5.40. The first-order valence-electron chi connectivity index (χ1n) is 7.32. The summed E-state index contributed by atoms with van der Waals surface area (Å²) >= 11 is 0. The van der Waals surface area contributed by atoms with Crippen LogP contribution in [-0.2, 0) is 24.2 Å². The van der Waals surface area contributed by atoms with E-state index < -0.39 is 0 Å². The molecule has 4 nitrogen and oxygen atoms in total. The second kappa shape index (κ2) is 6.04. The summed E-state index contributed by atoms with van der Waals surface area (Å²) in [7, 11) is 1.66. The van der Waals surface area contributed by atoms with Gasteiger partial charge in [0, 0.05) is 37.8 Å². The van der Waals surface area contributed by atoms with Crippen LogP contribution in [0.3, 0.4) is 0 Å². The van der Waals surface area contributed by atoms with Gasteiger partial charge in [0.25, 0.3) is 0 Å². The van der Waals surface area contributed by atoms with Crippen molar-refractivity contribution in [3.05, 3.63) is 53.3 Å². The van der Waals surface area contributed by atoms with Crippen LogP contribution in [0.5, 0.6) is 5.75 Å². The zero-order valence-corrected chi connectivity index (χ0v) is 12.3. The van der Waals surface area contributed by atoms with Gasteiger partial charge in [-0.2, -0.15) is 0 Å². The normalized spacial score (nSPS) is 13.9. The second-order valence-corrected chi connectivity index (χ2v) is 5.40. The summed E-state index contributed by atoms with van der Waals surface area (Å²) in [6, 6.07) is 9.98. The maximum atomic E-state index is 12.3. The number of carbonyl (C=O) groups excluding carboxylic acids is 1. The Morgan fingerprint density at radius 2 is 2.29 bits per heavy atom. The Morgan fingerprint density at radius 1 is 1.38 bits per heavy atom.